The van der Waals surface area contributed by atoms with Gasteiger partial charge in [0.1, 0.15) is 13.2 Å². The quantitative estimate of drug-likeness (QED) is 0.117. The summed E-state index contributed by atoms with van der Waals surface area (Å²) in [5.41, 5.74) is 4.41. The van der Waals surface area contributed by atoms with Crippen molar-refractivity contribution in [3.63, 3.8) is 0 Å². The minimum atomic E-state index is -3.80. The van der Waals surface area contributed by atoms with Crippen LogP contribution in [0, 0.1) is 12.3 Å². The Morgan fingerprint density at radius 1 is 0.872 bits per heavy atom. The molecule has 39 heavy (non-hydrogen) atoms. The summed E-state index contributed by atoms with van der Waals surface area (Å²) in [6.07, 6.45) is 2.01. The Balaban J connectivity index is 1.37. The molecule has 4 rings (SSSR count). The van der Waals surface area contributed by atoms with Crippen molar-refractivity contribution in [3.8, 4) is 0 Å². The lowest BCUT2D eigenvalue weighted by molar-refractivity contribution is -0.165. The molecule has 0 saturated heterocycles. The molecule has 3 aromatic rings. The summed E-state index contributed by atoms with van der Waals surface area (Å²) >= 11 is 0. The Labute approximate surface area is 227 Å². The second-order valence-corrected chi connectivity index (χ2v) is 10.7. The lowest BCUT2D eigenvalue weighted by Crippen LogP contribution is -2.30. The molecule has 8 nitrogen and oxygen atoms in total. The first-order valence-corrected chi connectivity index (χ1v) is 13.9. The van der Waals surface area contributed by atoms with Gasteiger partial charge >= 0.3 is 11.9 Å². The average Bonchev–Trinajstić information content (AvgIpc) is 3.69. The van der Waals surface area contributed by atoms with Gasteiger partial charge in [0.25, 0.3) is 10.0 Å². The number of benzene rings is 3. The van der Waals surface area contributed by atoms with Gasteiger partial charge in [0.15, 0.2) is 5.41 Å². The summed E-state index contributed by atoms with van der Waals surface area (Å²) in [6.45, 7) is 1.94. The highest BCUT2D eigenvalue weighted by atomic mass is 32.2. The molecule has 9 heteroatoms. The third kappa shape index (κ3) is 7.31. The van der Waals surface area contributed by atoms with Gasteiger partial charge in [-0.1, -0.05) is 83.2 Å². The Bertz CT molecular complexity index is 1410. The van der Waals surface area contributed by atoms with E-state index in [1.165, 1.54) is 12.1 Å². The largest absolute Gasteiger partial charge is 0.460 e. The van der Waals surface area contributed by atoms with Crippen LogP contribution >= 0.6 is 0 Å². The normalized spacial score (nSPS) is 13.7. The number of nitrogens with one attached hydrogen (secondary N) is 1. The Kier molecular flexibility index (Phi) is 9.11. The number of esters is 2. The van der Waals surface area contributed by atoms with Crippen molar-refractivity contribution in [3.05, 3.63) is 119 Å². The van der Waals surface area contributed by atoms with Gasteiger partial charge in [-0.25, -0.2) is 8.42 Å². The Hall–Kier alpha value is -4.01. The third-order valence-electron chi connectivity index (χ3n) is 6.10. The number of carbonyl (C=O) groups excluding carboxylic acids is 2. The van der Waals surface area contributed by atoms with Crippen molar-refractivity contribution in [2.24, 2.45) is 5.41 Å². The first-order valence-electron chi connectivity index (χ1n) is 12.4. The highest BCUT2D eigenvalue weighted by Crippen LogP contribution is 2.53. The van der Waals surface area contributed by atoms with Crippen LogP contribution in [0.2, 0.25) is 0 Å². The Morgan fingerprint density at radius 3 is 1.95 bits per heavy atom. The number of rotatable bonds is 12. The van der Waals surface area contributed by atoms with Gasteiger partial charge in [0.05, 0.1) is 11.5 Å². The van der Waals surface area contributed by atoms with Gasteiger partial charge in [-0.2, -0.15) is 0 Å². The van der Waals surface area contributed by atoms with Crippen LogP contribution in [0.15, 0.2) is 107 Å². The molecule has 0 spiro atoms. The molecule has 1 aliphatic carbocycles. The van der Waals surface area contributed by atoms with Crippen LogP contribution in [0.3, 0.4) is 0 Å². The summed E-state index contributed by atoms with van der Waals surface area (Å²) in [6, 6.07) is 24.7. The van der Waals surface area contributed by atoms with E-state index in [0.717, 1.165) is 16.7 Å². The monoisotopic (exact) mass is 547 g/mol. The summed E-state index contributed by atoms with van der Waals surface area (Å²) < 4.78 is 35.5. The number of carbonyl (C=O) groups is 2. The third-order valence-corrected chi connectivity index (χ3v) is 7.33. The van der Waals surface area contributed by atoms with E-state index in [4.69, 9.17) is 14.3 Å². The standard InChI is InChI=1S/C30H29NO7S/c1-23-15-17-27(18-16-23)39(34,35)31-38-19-9-8-14-26-20-30(26,28(32)36-21-24-10-4-2-5-11-24)29(33)37-22-25-12-6-3-7-13-25/h2-8,10-13,15-18,31H,9,19-22H2,1H3. The highest BCUT2D eigenvalue weighted by molar-refractivity contribution is 7.89. The fourth-order valence-corrected chi connectivity index (χ4v) is 4.59. The maximum absolute atomic E-state index is 13.1. The van der Waals surface area contributed by atoms with Gasteiger partial charge in [-0.05, 0) is 42.7 Å². The summed E-state index contributed by atoms with van der Waals surface area (Å²) in [5.74, 6) is -1.38. The van der Waals surface area contributed by atoms with E-state index >= 15 is 0 Å². The zero-order valence-electron chi connectivity index (χ0n) is 21.5. The number of hydrogen-bond donors (Lipinski definition) is 1. The smallest absolute Gasteiger partial charge is 0.329 e. The van der Waals surface area contributed by atoms with Gasteiger partial charge in [-0.3, -0.25) is 14.4 Å². The van der Waals surface area contributed by atoms with Crippen LogP contribution in [-0.2, 0) is 47.1 Å². The minimum Gasteiger partial charge on any atom is -0.460 e. The zero-order valence-corrected chi connectivity index (χ0v) is 22.3. The molecule has 0 aromatic heterocycles. The molecule has 1 N–H and O–H groups in total. The van der Waals surface area contributed by atoms with E-state index in [1.54, 1.807) is 18.2 Å². The molecule has 0 radical (unpaired) electrons. The fraction of sp³-hybridized carbons (Fsp3) is 0.233. The molecule has 1 fully saturated rings. The molecular formula is C30H29NO7S. The van der Waals surface area contributed by atoms with Crippen LogP contribution < -0.4 is 4.89 Å². The van der Waals surface area contributed by atoms with Crippen LogP contribution in [-0.4, -0.2) is 27.0 Å². The molecule has 0 unspecified atom stereocenters. The van der Waals surface area contributed by atoms with Crippen molar-refractivity contribution < 1.29 is 32.3 Å². The summed E-state index contributed by atoms with van der Waals surface area (Å²) in [5, 5.41) is 0. The van der Waals surface area contributed by atoms with E-state index in [0.29, 0.717) is 5.57 Å². The van der Waals surface area contributed by atoms with Crippen molar-refractivity contribution in [1.29, 1.82) is 0 Å². The molecule has 0 aliphatic heterocycles. The predicted molar refractivity (Wildman–Crippen MR) is 143 cm³/mol. The number of hydrogen-bond acceptors (Lipinski definition) is 7. The second kappa shape index (κ2) is 12.7. The lowest BCUT2D eigenvalue weighted by Gasteiger charge is -2.14. The van der Waals surface area contributed by atoms with E-state index < -0.39 is 27.4 Å². The van der Waals surface area contributed by atoms with E-state index in [2.05, 4.69) is 10.6 Å². The highest BCUT2D eigenvalue weighted by Gasteiger charge is 2.65. The van der Waals surface area contributed by atoms with Crippen molar-refractivity contribution in [1.82, 2.24) is 4.89 Å². The summed E-state index contributed by atoms with van der Waals surface area (Å²) in [4.78, 5) is 33.4. The van der Waals surface area contributed by atoms with E-state index in [-0.39, 0.29) is 37.6 Å². The van der Waals surface area contributed by atoms with Crippen LogP contribution in [0.1, 0.15) is 29.5 Å². The maximum Gasteiger partial charge on any atom is 0.329 e. The van der Waals surface area contributed by atoms with Crippen LogP contribution in [0.25, 0.3) is 0 Å². The molecule has 1 aliphatic rings. The van der Waals surface area contributed by atoms with Crippen molar-refractivity contribution in [2.75, 3.05) is 6.61 Å². The SMILES string of the molecule is Cc1ccc(S(=O)(=O)NOCCC=C=C2CC2(C(=O)OCc2ccccc2)C(=O)OCc2ccccc2)cc1. The molecule has 202 valence electrons. The van der Waals surface area contributed by atoms with Gasteiger partial charge < -0.3 is 9.47 Å². The predicted octanol–water partition coefficient (Wildman–Crippen LogP) is 4.55. The molecule has 0 bridgehead atoms. The lowest BCUT2D eigenvalue weighted by atomic mass is 10.1. The summed E-state index contributed by atoms with van der Waals surface area (Å²) in [7, 11) is -3.80. The minimum absolute atomic E-state index is 0.0231. The molecule has 1 saturated carbocycles. The van der Waals surface area contributed by atoms with E-state index in [1.807, 2.05) is 67.6 Å². The number of aryl methyl sites for hydroxylation is 1. The molecule has 3 aromatic carbocycles. The van der Waals surface area contributed by atoms with Crippen LogP contribution in [0.4, 0.5) is 0 Å². The van der Waals surface area contributed by atoms with Gasteiger partial charge in [0.2, 0.25) is 0 Å². The fourth-order valence-electron chi connectivity index (χ4n) is 3.76. The van der Waals surface area contributed by atoms with Crippen LogP contribution in [0.5, 0.6) is 0 Å². The topological polar surface area (TPSA) is 108 Å². The first kappa shape index (κ1) is 28.0. The van der Waals surface area contributed by atoms with Gasteiger partial charge in [-0.15, -0.1) is 5.73 Å². The average molecular weight is 548 g/mol. The number of sulfonamides is 1. The van der Waals surface area contributed by atoms with E-state index in [9.17, 15) is 18.0 Å². The Morgan fingerprint density at radius 2 is 1.41 bits per heavy atom. The van der Waals surface area contributed by atoms with Gasteiger partial charge in [0, 0.05) is 12.0 Å². The molecular weight excluding hydrogens is 518 g/mol. The van der Waals surface area contributed by atoms with Crippen molar-refractivity contribution in [2.45, 2.75) is 37.9 Å². The molecule has 0 heterocycles. The number of ether oxygens (including phenoxy) is 2. The first-order chi connectivity index (χ1) is 18.8. The maximum atomic E-state index is 13.1. The van der Waals surface area contributed by atoms with Crippen molar-refractivity contribution >= 4 is 22.0 Å². The molecule has 0 atom stereocenters. The second-order valence-electron chi connectivity index (χ2n) is 9.07. The zero-order chi connectivity index (χ0) is 27.7. The molecule has 0 amide bonds.